The minimum atomic E-state index is 0.154. The highest BCUT2D eigenvalue weighted by Gasteiger charge is 2.26. The Kier molecular flexibility index (Phi) is 3.82. The molecule has 1 unspecified atom stereocenters. The first-order chi connectivity index (χ1) is 8.06. The van der Waals surface area contributed by atoms with Gasteiger partial charge >= 0.3 is 0 Å². The Bertz CT molecular complexity index is 412. The van der Waals surface area contributed by atoms with Gasteiger partial charge in [0.15, 0.2) is 0 Å². The van der Waals surface area contributed by atoms with Gasteiger partial charge in [0.25, 0.3) is 0 Å². The van der Waals surface area contributed by atoms with Gasteiger partial charge in [-0.2, -0.15) is 0 Å². The third-order valence-corrected chi connectivity index (χ3v) is 4.14. The van der Waals surface area contributed by atoms with Gasteiger partial charge in [-0.05, 0) is 32.1 Å². The fourth-order valence-electron chi connectivity index (χ4n) is 2.18. The van der Waals surface area contributed by atoms with Crippen molar-refractivity contribution in [1.82, 2.24) is 10.3 Å². The molecular weight excluding hydrogens is 232 g/mol. The van der Waals surface area contributed by atoms with Gasteiger partial charge in [-0.25, -0.2) is 4.98 Å². The Morgan fingerprint density at radius 1 is 1.59 bits per heavy atom. The fourth-order valence-corrected chi connectivity index (χ4v) is 3.24. The lowest BCUT2D eigenvalue weighted by atomic mass is 9.90. The molecule has 1 atom stereocenters. The van der Waals surface area contributed by atoms with Gasteiger partial charge in [0.2, 0.25) is 5.91 Å². The molecule has 0 bridgehead atoms. The van der Waals surface area contributed by atoms with E-state index in [-0.39, 0.29) is 11.8 Å². The third kappa shape index (κ3) is 3.06. The second-order valence-corrected chi connectivity index (χ2v) is 6.47. The first-order valence-electron chi connectivity index (χ1n) is 6.29. The van der Waals surface area contributed by atoms with Crippen LogP contribution in [0.5, 0.6) is 0 Å². The third-order valence-electron chi connectivity index (χ3n) is 3.10. The highest BCUT2D eigenvalue weighted by Crippen LogP contribution is 2.29. The lowest BCUT2D eigenvalue weighted by molar-refractivity contribution is -0.125. The van der Waals surface area contributed by atoms with Crippen LogP contribution in [0.3, 0.4) is 0 Å². The van der Waals surface area contributed by atoms with Crippen molar-refractivity contribution in [1.29, 1.82) is 0 Å². The van der Waals surface area contributed by atoms with Crippen molar-refractivity contribution in [2.24, 2.45) is 11.8 Å². The summed E-state index contributed by atoms with van der Waals surface area (Å²) in [5.41, 5.74) is 1.22. The van der Waals surface area contributed by atoms with Crippen LogP contribution in [-0.2, 0) is 17.6 Å². The van der Waals surface area contributed by atoms with Crippen LogP contribution in [0.25, 0.3) is 0 Å². The molecule has 1 heterocycles. The van der Waals surface area contributed by atoms with E-state index in [1.807, 2.05) is 6.92 Å². The Balaban J connectivity index is 1.95. The standard InChI is InChI=1S/C13H20N2OS/c1-8(2)7-14-13(16)10-4-5-11-12(6-10)17-9(3)15-11/h8,10H,4-7H2,1-3H3,(H,14,16). The molecule has 0 saturated carbocycles. The van der Waals surface area contributed by atoms with Crippen molar-refractivity contribution in [2.75, 3.05) is 6.54 Å². The van der Waals surface area contributed by atoms with Crippen LogP contribution in [-0.4, -0.2) is 17.4 Å². The molecule has 3 nitrogen and oxygen atoms in total. The molecule has 0 fully saturated rings. The smallest absolute Gasteiger partial charge is 0.223 e. The minimum absolute atomic E-state index is 0.154. The summed E-state index contributed by atoms with van der Waals surface area (Å²) in [5.74, 6) is 0.889. The number of carbonyl (C=O) groups is 1. The number of carbonyl (C=O) groups excluding carboxylic acids is 1. The predicted molar refractivity (Wildman–Crippen MR) is 70.2 cm³/mol. The Morgan fingerprint density at radius 2 is 2.35 bits per heavy atom. The number of nitrogens with one attached hydrogen (secondary N) is 1. The Hall–Kier alpha value is -0.900. The number of amides is 1. The highest BCUT2D eigenvalue weighted by atomic mass is 32.1. The van der Waals surface area contributed by atoms with Crippen molar-refractivity contribution in [3.63, 3.8) is 0 Å². The van der Waals surface area contributed by atoms with E-state index < -0.39 is 0 Å². The fraction of sp³-hybridized carbons (Fsp3) is 0.692. The molecule has 2 rings (SSSR count). The average Bonchev–Trinajstić information content (AvgIpc) is 2.64. The molecule has 0 radical (unpaired) electrons. The summed E-state index contributed by atoms with van der Waals surface area (Å²) in [6, 6.07) is 0. The van der Waals surface area contributed by atoms with Gasteiger partial charge in [-0.15, -0.1) is 11.3 Å². The van der Waals surface area contributed by atoms with Crippen molar-refractivity contribution in [3.8, 4) is 0 Å². The Morgan fingerprint density at radius 3 is 3.06 bits per heavy atom. The molecule has 17 heavy (non-hydrogen) atoms. The lowest BCUT2D eigenvalue weighted by Gasteiger charge is -2.21. The topological polar surface area (TPSA) is 42.0 Å². The van der Waals surface area contributed by atoms with Crippen LogP contribution in [0.15, 0.2) is 0 Å². The minimum Gasteiger partial charge on any atom is -0.356 e. The van der Waals surface area contributed by atoms with Crippen LogP contribution >= 0.6 is 11.3 Å². The molecule has 1 aromatic heterocycles. The molecule has 1 aromatic rings. The van der Waals surface area contributed by atoms with Crippen LogP contribution in [0.4, 0.5) is 0 Å². The average molecular weight is 252 g/mol. The van der Waals surface area contributed by atoms with E-state index >= 15 is 0 Å². The Labute approximate surface area is 107 Å². The zero-order valence-corrected chi connectivity index (χ0v) is 11.6. The van der Waals surface area contributed by atoms with E-state index in [2.05, 4.69) is 24.1 Å². The number of hydrogen-bond donors (Lipinski definition) is 1. The zero-order chi connectivity index (χ0) is 12.4. The number of fused-ring (bicyclic) bond motifs is 1. The number of aryl methyl sites for hydroxylation is 2. The second kappa shape index (κ2) is 5.17. The molecule has 4 heteroatoms. The largest absolute Gasteiger partial charge is 0.356 e. The molecule has 0 aromatic carbocycles. The lowest BCUT2D eigenvalue weighted by Crippen LogP contribution is -2.35. The van der Waals surface area contributed by atoms with Crippen molar-refractivity contribution < 1.29 is 4.79 Å². The van der Waals surface area contributed by atoms with Crippen molar-refractivity contribution in [2.45, 2.75) is 40.0 Å². The van der Waals surface area contributed by atoms with E-state index in [0.29, 0.717) is 5.92 Å². The normalized spacial score (nSPS) is 19.2. The summed E-state index contributed by atoms with van der Waals surface area (Å²) in [6.45, 7) is 7.05. The van der Waals surface area contributed by atoms with E-state index in [4.69, 9.17) is 0 Å². The summed E-state index contributed by atoms with van der Waals surface area (Å²) in [6.07, 6.45) is 2.78. The number of hydrogen-bond acceptors (Lipinski definition) is 3. The maximum Gasteiger partial charge on any atom is 0.223 e. The van der Waals surface area contributed by atoms with Crippen molar-refractivity contribution >= 4 is 17.2 Å². The SMILES string of the molecule is Cc1nc2c(s1)CC(C(=O)NCC(C)C)CC2. The van der Waals surface area contributed by atoms with E-state index in [0.717, 1.165) is 30.8 Å². The maximum absolute atomic E-state index is 12.0. The summed E-state index contributed by atoms with van der Waals surface area (Å²) >= 11 is 1.74. The predicted octanol–water partition coefficient (Wildman–Crippen LogP) is 2.33. The molecule has 0 aliphatic heterocycles. The van der Waals surface area contributed by atoms with E-state index in [1.54, 1.807) is 11.3 Å². The molecule has 0 saturated heterocycles. The maximum atomic E-state index is 12.0. The molecular formula is C13H20N2OS. The van der Waals surface area contributed by atoms with Gasteiger partial charge in [0.05, 0.1) is 10.7 Å². The summed E-state index contributed by atoms with van der Waals surface area (Å²) in [4.78, 5) is 17.8. The van der Waals surface area contributed by atoms with Gasteiger partial charge in [0, 0.05) is 17.3 Å². The quantitative estimate of drug-likeness (QED) is 0.897. The number of aromatic nitrogens is 1. The molecule has 1 aliphatic rings. The van der Waals surface area contributed by atoms with Crippen molar-refractivity contribution in [3.05, 3.63) is 15.6 Å². The monoisotopic (exact) mass is 252 g/mol. The van der Waals surface area contributed by atoms with Gasteiger partial charge in [-0.3, -0.25) is 4.79 Å². The molecule has 1 aliphatic carbocycles. The van der Waals surface area contributed by atoms with Gasteiger partial charge < -0.3 is 5.32 Å². The zero-order valence-electron chi connectivity index (χ0n) is 10.7. The van der Waals surface area contributed by atoms with Crippen LogP contribution in [0, 0.1) is 18.8 Å². The molecule has 0 spiro atoms. The van der Waals surface area contributed by atoms with E-state index in [9.17, 15) is 4.79 Å². The summed E-state index contributed by atoms with van der Waals surface area (Å²) < 4.78 is 0. The summed E-state index contributed by atoms with van der Waals surface area (Å²) in [5, 5.41) is 4.16. The summed E-state index contributed by atoms with van der Waals surface area (Å²) in [7, 11) is 0. The number of thiazole rings is 1. The highest BCUT2D eigenvalue weighted by molar-refractivity contribution is 7.11. The number of nitrogens with zero attached hydrogens (tertiary/aromatic N) is 1. The van der Waals surface area contributed by atoms with Gasteiger partial charge in [0.1, 0.15) is 0 Å². The number of rotatable bonds is 3. The van der Waals surface area contributed by atoms with Crippen LogP contribution in [0.1, 0.15) is 35.8 Å². The first kappa shape index (κ1) is 12.6. The molecule has 94 valence electrons. The van der Waals surface area contributed by atoms with E-state index in [1.165, 1.54) is 10.6 Å². The molecule has 1 amide bonds. The second-order valence-electron chi connectivity index (χ2n) is 5.18. The van der Waals surface area contributed by atoms with Gasteiger partial charge in [-0.1, -0.05) is 13.8 Å². The van der Waals surface area contributed by atoms with Crippen LogP contribution < -0.4 is 5.32 Å². The van der Waals surface area contributed by atoms with Crippen LogP contribution in [0.2, 0.25) is 0 Å². The molecule has 1 N–H and O–H groups in total. The first-order valence-corrected chi connectivity index (χ1v) is 7.10.